The molecule has 4 nitrogen and oxygen atoms in total. The van der Waals surface area contributed by atoms with Gasteiger partial charge in [0.15, 0.2) is 6.10 Å². The molecular weight excluding hydrogens is 373 g/mol. The maximum absolute atomic E-state index is 12.2. The molecule has 2 aromatic carbocycles. The quantitative estimate of drug-likeness (QED) is 0.740. The van der Waals surface area contributed by atoms with Gasteiger partial charge in [0, 0.05) is 5.02 Å². The molecule has 0 radical (unpaired) electrons. The van der Waals surface area contributed by atoms with Gasteiger partial charge in [-0.15, -0.1) is 0 Å². The fourth-order valence-electron chi connectivity index (χ4n) is 1.97. The van der Waals surface area contributed by atoms with Gasteiger partial charge >= 0.3 is 5.97 Å². The van der Waals surface area contributed by atoms with E-state index in [2.05, 4.69) is 5.32 Å². The van der Waals surface area contributed by atoms with Crippen LogP contribution in [-0.4, -0.2) is 18.0 Å². The number of aryl methyl sites for hydroxylation is 1. The Labute approximate surface area is 154 Å². The van der Waals surface area contributed by atoms with E-state index in [4.69, 9.17) is 39.5 Å². The van der Waals surface area contributed by atoms with Crippen molar-refractivity contribution >= 4 is 52.4 Å². The van der Waals surface area contributed by atoms with E-state index >= 15 is 0 Å². The number of carbonyl (C=O) groups excluding carboxylic acids is 2. The summed E-state index contributed by atoms with van der Waals surface area (Å²) in [5, 5.41) is 3.27. The van der Waals surface area contributed by atoms with Crippen LogP contribution in [0.2, 0.25) is 15.1 Å². The summed E-state index contributed by atoms with van der Waals surface area (Å²) in [4.78, 5) is 24.4. The van der Waals surface area contributed by atoms with Crippen molar-refractivity contribution in [3.05, 3.63) is 62.6 Å². The van der Waals surface area contributed by atoms with Crippen molar-refractivity contribution in [3.8, 4) is 0 Å². The van der Waals surface area contributed by atoms with Crippen molar-refractivity contribution < 1.29 is 14.3 Å². The van der Waals surface area contributed by atoms with E-state index in [-0.39, 0.29) is 15.7 Å². The van der Waals surface area contributed by atoms with Crippen molar-refractivity contribution in [1.29, 1.82) is 0 Å². The van der Waals surface area contributed by atoms with Gasteiger partial charge in [0.25, 0.3) is 5.91 Å². The van der Waals surface area contributed by atoms with E-state index in [0.717, 1.165) is 5.56 Å². The Morgan fingerprint density at radius 3 is 2.25 bits per heavy atom. The number of anilines is 1. The smallest absolute Gasteiger partial charge is 0.339 e. The highest BCUT2D eigenvalue weighted by Crippen LogP contribution is 2.33. The maximum Gasteiger partial charge on any atom is 0.339 e. The number of benzene rings is 2. The number of carbonyl (C=O) groups is 2. The monoisotopic (exact) mass is 385 g/mol. The standard InChI is InChI=1S/C17H14Cl3NO3/c1-9-5-3-4-6-12(9)17(23)24-10(2)16(22)21-15-13(19)7-11(18)8-14(15)20/h3-8,10H,1-2H3,(H,21,22)/t10-/m0/s1. The lowest BCUT2D eigenvalue weighted by Crippen LogP contribution is -2.30. The third kappa shape index (κ3) is 4.41. The lowest BCUT2D eigenvalue weighted by molar-refractivity contribution is -0.123. The summed E-state index contributed by atoms with van der Waals surface area (Å²) in [5.74, 6) is -1.13. The van der Waals surface area contributed by atoms with E-state index in [0.29, 0.717) is 10.6 Å². The molecular formula is C17H14Cl3NO3. The SMILES string of the molecule is Cc1ccccc1C(=O)O[C@@H](C)C(=O)Nc1c(Cl)cc(Cl)cc1Cl. The molecule has 0 aliphatic rings. The lowest BCUT2D eigenvalue weighted by Gasteiger charge is -2.16. The van der Waals surface area contributed by atoms with Crippen LogP contribution in [0.25, 0.3) is 0 Å². The molecule has 0 spiro atoms. The maximum atomic E-state index is 12.2. The van der Waals surface area contributed by atoms with Gasteiger partial charge in [0.05, 0.1) is 21.3 Å². The van der Waals surface area contributed by atoms with E-state index < -0.39 is 18.0 Å². The Bertz CT molecular complexity index is 769. The number of hydrogen-bond acceptors (Lipinski definition) is 3. The molecule has 0 unspecified atom stereocenters. The number of amides is 1. The predicted octanol–water partition coefficient (Wildman–Crippen LogP) is 5.14. The first-order chi connectivity index (χ1) is 11.3. The number of ether oxygens (including phenoxy) is 1. The Morgan fingerprint density at radius 1 is 1.08 bits per heavy atom. The van der Waals surface area contributed by atoms with Gasteiger partial charge < -0.3 is 10.1 Å². The van der Waals surface area contributed by atoms with Gasteiger partial charge in [-0.25, -0.2) is 4.79 Å². The van der Waals surface area contributed by atoms with Crippen molar-refractivity contribution in [2.24, 2.45) is 0 Å². The molecule has 0 saturated carbocycles. The molecule has 0 aromatic heterocycles. The molecule has 2 rings (SSSR count). The summed E-state index contributed by atoms with van der Waals surface area (Å²) >= 11 is 17.9. The summed E-state index contributed by atoms with van der Waals surface area (Å²) < 4.78 is 5.19. The summed E-state index contributed by atoms with van der Waals surface area (Å²) in [6, 6.07) is 9.86. The average molecular weight is 387 g/mol. The Morgan fingerprint density at radius 2 is 1.67 bits per heavy atom. The van der Waals surface area contributed by atoms with Gasteiger partial charge in [-0.1, -0.05) is 53.0 Å². The largest absolute Gasteiger partial charge is 0.449 e. The summed E-state index contributed by atoms with van der Waals surface area (Å²) in [6.07, 6.45) is -1.03. The Kier molecular flexibility index (Phi) is 6.10. The summed E-state index contributed by atoms with van der Waals surface area (Å²) in [5.41, 5.74) is 1.38. The van der Waals surface area contributed by atoms with Crippen molar-refractivity contribution in [2.45, 2.75) is 20.0 Å². The molecule has 0 aliphatic carbocycles. The van der Waals surface area contributed by atoms with Gasteiger partial charge in [-0.3, -0.25) is 4.79 Å². The second-order valence-corrected chi connectivity index (χ2v) is 6.35. The minimum Gasteiger partial charge on any atom is -0.449 e. The Hall–Kier alpha value is -1.75. The van der Waals surface area contributed by atoms with Crippen LogP contribution < -0.4 is 5.32 Å². The minimum absolute atomic E-state index is 0.193. The zero-order chi connectivity index (χ0) is 17.9. The highest BCUT2D eigenvalue weighted by atomic mass is 35.5. The van der Waals surface area contributed by atoms with Crippen LogP contribution in [0.5, 0.6) is 0 Å². The van der Waals surface area contributed by atoms with Crippen LogP contribution >= 0.6 is 34.8 Å². The molecule has 126 valence electrons. The summed E-state index contributed by atoms with van der Waals surface area (Å²) in [6.45, 7) is 3.25. The minimum atomic E-state index is -1.03. The number of nitrogens with one attached hydrogen (secondary N) is 1. The third-order valence-corrected chi connectivity index (χ3v) is 4.09. The zero-order valence-electron chi connectivity index (χ0n) is 12.9. The number of esters is 1. The second-order valence-electron chi connectivity index (χ2n) is 5.10. The zero-order valence-corrected chi connectivity index (χ0v) is 15.2. The first-order valence-electron chi connectivity index (χ1n) is 7.01. The van der Waals surface area contributed by atoms with E-state index in [9.17, 15) is 9.59 Å². The van der Waals surface area contributed by atoms with Crippen LogP contribution in [0, 0.1) is 6.92 Å². The van der Waals surface area contributed by atoms with Crippen LogP contribution in [0.1, 0.15) is 22.8 Å². The molecule has 0 aliphatic heterocycles. The number of rotatable bonds is 4. The fourth-order valence-corrected chi connectivity index (χ4v) is 2.88. The van der Waals surface area contributed by atoms with Crippen LogP contribution in [-0.2, 0) is 9.53 Å². The molecule has 1 amide bonds. The van der Waals surface area contributed by atoms with Gasteiger partial charge in [-0.2, -0.15) is 0 Å². The number of hydrogen-bond donors (Lipinski definition) is 1. The molecule has 0 bridgehead atoms. The van der Waals surface area contributed by atoms with Crippen LogP contribution in [0.3, 0.4) is 0 Å². The van der Waals surface area contributed by atoms with E-state index in [1.807, 2.05) is 6.07 Å². The lowest BCUT2D eigenvalue weighted by atomic mass is 10.1. The number of halogens is 3. The molecule has 1 atom stereocenters. The molecule has 7 heteroatoms. The second kappa shape index (κ2) is 7.88. The molecule has 2 aromatic rings. The van der Waals surface area contributed by atoms with Gasteiger partial charge in [0.2, 0.25) is 0 Å². The Balaban J connectivity index is 2.08. The third-order valence-electron chi connectivity index (χ3n) is 3.27. The first kappa shape index (κ1) is 18.6. The van der Waals surface area contributed by atoms with Crippen LogP contribution in [0.4, 0.5) is 5.69 Å². The highest BCUT2D eigenvalue weighted by molar-refractivity contribution is 6.42. The fraction of sp³-hybridized carbons (Fsp3) is 0.176. The molecule has 0 heterocycles. The average Bonchev–Trinajstić information content (AvgIpc) is 2.50. The normalized spacial score (nSPS) is 11.7. The van der Waals surface area contributed by atoms with Crippen molar-refractivity contribution in [2.75, 3.05) is 5.32 Å². The molecule has 1 N–H and O–H groups in total. The van der Waals surface area contributed by atoms with E-state index in [1.165, 1.54) is 19.1 Å². The van der Waals surface area contributed by atoms with Crippen LogP contribution in [0.15, 0.2) is 36.4 Å². The van der Waals surface area contributed by atoms with Gasteiger partial charge in [0.1, 0.15) is 0 Å². The molecule has 0 saturated heterocycles. The van der Waals surface area contributed by atoms with E-state index in [1.54, 1.807) is 25.1 Å². The highest BCUT2D eigenvalue weighted by Gasteiger charge is 2.21. The van der Waals surface area contributed by atoms with Crippen molar-refractivity contribution in [1.82, 2.24) is 0 Å². The van der Waals surface area contributed by atoms with Gasteiger partial charge in [-0.05, 0) is 37.6 Å². The summed E-state index contributed by atoms with van der Waals surface area (Å²) in [7, 11) is 0. The van der Waals surface area contributed by atoms with Crippen molar-refractivity contribution in [3.63, 3.8) is 0 Å². The topological polar surface area (TPSA) is 55.4 Å². The first-order valence-corrected chi connectivity index (χ1v) is 8.15. The molecule has 0 fully saturated rings. The molecule has 24 heavy (non-hydrogen) atoms. The predicted molar refractivity (Wildman–Crippen MR) is 96.2 cm³/mol.